The molecule has 1 aliphatic heterocycles. The Bertz CT molecular complexity index is 1150. The summed E-state index contributed by atoms with van der Waals surface area (Å²) in [6.07, 6.45) is 7.50. The number of anilines is 1. The Balaban J connectivity index is 1.31. The molecule has 168 valence electrons. The Morgan fingerprint density at radius 1 is 1.28 bits per heavy atom. The molecule has 32 heavy (non-hydrogen) atoms. The van der Waals surface area contributed by atoms with Crippen molar-refractivity contribution in [3.05, 3.63) is 47.2 Å². The van der Waals surface area contributed by atoms with E-state index in [4.69, 9.17) is 21.1 Å². The van der Waals surface area contributed by atoms with Crippen molar-refractivity contribution in [1.82, 2.24) is 15.3 Å². The van der Waals surface area contributed by atoms with E-state index in [2.05, 4.69) is 20.6 Å². The molecular weight excluding hydrogens is 442 g/mol. The van der Waals surface area contributed by atoms with Crippen molar-refractivity contribution >= 4 is 34.4 Å². The molecule has 2 fully saturated rings. The number of carbonyl (C=O) groups is 1. The molecule has 5 rings (SSSR count). The molecule has 3 N–H and O–H groups in total. The van der Waals surface area contributed by atoms with Gasteiger partial charge in [0.2, 0.25) is 0 Å². The number of hydrogen-bond acceptors (Lipinski definition) is 4. The van der Waals surface area contributed by atoms with Crippen molar-refractivity contribution in [2.75, 3.05) is 11.9 Å². The zero-order chi connectivity index (χ0) is 22.3. The summed E-state index contributed by atoms with van der Waals surface area (Å²) in [6.45, 7) is 0.690. The number of aromatic nitrogens is 2. The summed E-state index contributed by atoms with van der Waals surface area (Å²) in [6, 6.07) is 2.82. The molecule has 1 saturated carbocycles. The Morgan fingerprint density at radius 2 is 2.06 bits per heavy atom. The van der Waals surface area contributed by atoms with E-state index >= 15 is 0 Å². The van der Waals surface area contributed by atoms with Gasteiger partial charge in [0, 0.05) is 36.8 Å². The predicted molar refractivity (Wildman–Crippen MR) is 115 cm³/mol. The molecular formula is C22H21ClF2N4O3. The maximum absolute atomic E-state index is 14.7. The third-order valence-electron chi connectivity index (χ3n) is 6.12. The van der Waals surface area contributed by atoms with Gasteiger partial charge in [-0.05, 0) is 38.2 Å². The molecule has 3 heterocycles. The molecule has 2 amide bonds. The number of amides is 2. The Hall–Kier alpha value is -2.91. The van der Waals surface area contributed by atoms with Crippen molar-refractivity contribution in [2.24, 2.45) is 0 Å². The monoisotopic (exact) mass is 462 g/mol. The molecule has 2 atom stereocenters. The summed E-state index contributed by atoms with van der Waals surface area (Å²) < 4.78 is 40.8. The maximum Gasteiger partial charge on any atom is 0.319 e. The maximum atomic E-state index is 14.7. The zero-order valence-electron chi connectivity index (χ0n) is 17.0. The van der Waals surface area contributed by atoms with Crippen molar-refractivity contribution in [3.63, 3.8) is 0 Å². The van der Waals surface area contributed by atoms with Gasteiger partial charge in [0.25, 0.3) is 0 Å². The van der Waals surface area contributed by atoms with Crippen LogP contribution in [0.2, 0.25) is 5.02 Å². The summed E-state index contributed by atoms with van der Waals surface area (Å²) in [7, 11) is 0. The van der Waals surface area contributed by atoms with E-state index in [1.807, 2.05) is 0 Å². The van der Waals surface area contributed by atoms with Gasteiger partial charge in [-0.1, -0.05) is 11.6 Å². The lowest BCUT2D eigenvalue weighted by Crippen LogP contribution is -2.50. The molecule has 3 aromatic rings. The van der Waals surface area contributed by atoms with Crippen LogP contribution in [0, 0.1) is 11.6 Å². The molecule has 1 aliphatic carbocycles. The number of ether oxygens (including phenoxy) is 2. The van der Waals surface area contributed by atoms with Gasteiger partial charge in [0.1, 0.15) is 11.4 Å². The fraction of sp³-hybridized carbons (Fsp3) is 0.364. The van der Waals surface area contributed by atoms with Gasteiger partial charge < -0.3 is 25.1 Å². The predicted octanol–water partition coefficient (Wildman–Crippen LogP) is 5.51. The third kappa shape index (κ3) is 3.75. The van der Waals surface area contributed by atoms with Crippen LogP contribution in [0.4, 0.5) is 19.3 Å². The van der Waals surface area contributed by atoms with Crippen LogP contribution in [-0.4, -0.2) is 34.2 Å². The van der Waals surface area contributed by atoms with Gasteiger partial charge >= 0.3 is 6.03 Å². The quantitative estimate of drug-likeness (QED) is 0.477. The molecule has 1 spiro atoms. The highest BCUT2D eigenvalue weighted by Crippen LogP contribution is 2.41. The number of pyridine rings is 1. The number of nitrogens with one attached hydrogen (secondary N) is 3. The zero-order valence-corrected chi connectivity index (χ0v) is 17.8. The van der Waals surface area contributed by atoms with Crippen LogP contribution < -0.4 is 15.4 Å². The first kappa shape index (κ1) is 21.0. The number of urea groups is 1. The van der Waals surface area contributed by atoms with Crippen LogP contribution in [0.15, 0.2) is 30.6 Å². The van der Waals surface area contributed by atoms with E-state index in [1.54, 1.807) is 0 Å². The average Bonchev–Trinajstić information content (AvgIpc) is 3.48. The van der Waals surface area contributed by atoms with Crippen molar-refractivity contribution in [1.29, 1.82) is 0 Å². The number of fused-ring (bicyclic) bond motifs is 1. The highest BCUT2D eigenvalue weighted by molar-refractivity contribution is 6.36. The highest BCUT2D eigenvalue weighted by atomic mass is 35.5. The number of nitrogens with zero attached hydrogens (tertiary/aromatic N) is 1. The second kappa shape index (κ2) is 8.22. The molecule has 1 aromatic carbocycles. The van der Waals surface area contributed by atoms with Gasteiger partial charge in [-0.15, -0.1) is 0 Å². The summed E-state index contributed by atoms with van der Waals surface area (Å²) in [5.41, 5.74) is 0.0870. The first-order valence-corrected chi connectivity index (χ1v) is 10.8. The van der Waals surface area contributed by atoms with Crippen LogP contribution in [0.3, 0.4) is 0 Å². The number of halogens is 3. The van der Waals surface area contributed by atoms with E-state index in [-0.39, 0.29) is 23.1 Å². The molecule has 0 bridgehead atoms. The minimum Gasteiger partial charge on any atom is -0.450 e. The first-order valence-electron chi connectivity index (χ1n) is 10.5. The smallest absolute Gasteiger partial charge is 0.319 e. The molecule has 0 radical (unpaired) electrons. The van der Waals surface area contributed by atoms with E-state index < -0.39 is 23.4 Å². The number of carbonyl (C=O) groups excluding carboxylic acids is 1. The number of H-pyrrole nitrogens is 1. The lowest BCUT2D eigenvalue weighted by atomic mass is 9.94. The molecule has 10 heteroatoms. The number of aromatic amines is 1. The van der Waals surface area contributed by atoms with E-state index in [9.17, 15) is 13.6 Å². The van der Waals surface area contributed by atoms with Crippen LogP contribution in [0.25, 0.3) is 11.0 Å². The lowest BCUT2D eigenvalue weighted by Gasteiger charge is -2.31. The first-order chi connectivity index (χ1) is 15.4. The van der Waals surface area contributed by atoms with Crippen LogP contribution in [-0.2, 0) is 4.74 Å². The second-order valence-electron chi connectivity index (χ2n) is 8.10. The highest BCUT2D eigenvalue weighted by Gasteiger charge is 2.46. The molecule has 2 aliphatic rings. The SMILES string of the molecule is O=C(Nc1cc(F)c(Oc2ccnc3[nH]cc(Cl)c23)c(F)c1)NC1CCCC12CCCO2. The van der Waals surface area contributed by atoms with Crippen molar-refractivity contribution in [2.45, 2.75) is 43.7 Å². The van der Waals surface area contributed by atoms with Crippen molar-refractivity contribution < 1.29 is 23.0 Å². The molecule has 7 nitrogen and oxygen atoms in total. The fourth-order valence-corrected chi connectivity index (χ4v) is 4.91. The van der Waals surface area contributed by atoms with Crippen LogP contribution >= 0.6 is 11.6 Å². The summed E-state index contributed by atoms with van der Waals surface area (Å²) in [5, 5.41) is 6.13. The number of rotatable bonds is 4. The largest absolute Gasteiger partial charge is 0.450 e. The molecule has 1 saturated heterocycles. The summed E-state index contributed by atoms with van der Waals surface area (Å²) >= 11 is 6.12. The Labute approximate surface area is 187 Å². The molecule has 2 aromatic heterocycles. The normalized spacial score (nSPS) is 22.5. The van der Waals surface area contributed by atoms with E-state index in [0.29, 0.717) is 22.7 Å². The number of benzene rings is 1. The Morgan fingerprint density at radius 3 is 2.81 bits per heavy atom. The van der Waals surface area contributed by atoms with Gasteiger partial charge in [-0.25, -0.2) is 18.6 Å². The van der Waals surface area contributed by atoms with Gasteiger partial charge in [-0.2, -0.15) is 0 Å². The van der Waals surface area contributed by atoms with Crippen LogP contribution in [0.5, 0.6) is 11.5 Å². The van der Waals surface area contributed by atoms with E-state index in [0.717, 1.165) is 44.2 Å². The molecule has 2 unspecified atom stereocenters. The van der Waals surface area contributed by atoms with E-state index in [1.165, 1.54) is 18.5 Å². The minimum atomic E-state index is -0.964. The fourth-order valence-electron chi connectivity index (χ4n) is 4.68. The lowest BCUT2D eigenvalue weighted by molar-refractivity contribution is -0.00794. The van der Waals surface area contributed by atoms with Crippen molar-refractivity contribution in [3.8, 4) is 11.5 Å². The minimum absolute atomic E-state index is 0.0243. The second-order valence-corrected chi connectivity index (χ2v) is 8.51. The van der Waals surface area contributed by atoms with Crippen LogP contribution in [0.1, 0.15) is 32.1 Å². The van der Waals surface area contributed by atoms with Gasteiger partial charge in [0.05, 0.1) is 22.1 Å². The summed E-state index contributed by atoms with van der Waals surface area (Å²) in [4.78, 5) is 19.4. The van der Waals surface area contributed by atoms with Gasteiger partial charge in [-0.3, -0.25) is 0 Å². The van der Waals surface area contributed by atoms with Gasteiger partial charge in [0.15, 0.2) is 17.4 Å². The number of hydrogen-bond donors (Lipinski definition) is 3. The standard InChI is InChI=1S/C22H21ClF2N4O3/c23-13-11-27-20-18(13)16(4-7-26-20)32-19-14(24)9-12(10-15(19)25)28-21(30)29-17-3-1-5-22(17)6-2-8-31-22/h4,7,9-11,17H,1-3,5-6,8H2,(H,26,27)(H2,28,29,30). The average molecular weight is 463 g/mol. The Kier molecular flexibility index (Phi) is 5.38. The third-order valence-corrected chi connectivity index (χ3v) is 6.42. The summed E-state index contributed by atoms with van der Waals surface area (Å²) in [5.74, 6) is -2.38. The topological polar surface area (TPSA) is 88.3 Å².